The molecule has 2 aromatic carbocycles. The highest BCUT2D eigenvalue weighted by molar-refractivity contribution is 6.31. The minimum absolute atomic E-state index is 0.0842. The predicted molar refractivity (Wildman–Crippen MR) is 100 cm³/mol. The Bertz CT molecular complexity index is 811. The molecule has 0 unspecified atom stereocenters. The number of primary amides is 1. The van der Waals surface area contributed by atoms with Gasteiger partial charge in [-0.2, -0.15) is 0 Å². The first-order valence-corrected chi connectivity index (χ1v) is 8.61. The highest BCUT2D eigenvalue weighted by Crippen LogP contribution is 2.32. The van der Waals surface area contributed by atoms with Crippen LogP contribution in [0.3, 0.4) is 0 Å². The van der Waals surface area contributed by atoms with Gasteiger partial charge in [0, 0.05) is 23.8 Å². The van der Waals surface area contributed by atoms with Crippen LogP contribution < -0.4 is 15.5 Å². The molecule has 0 aromatic heterocycles. The molecule has 132 valence electrons. The van der Waals surface area contributed by atoms with Gasteiger partial charge in [0.1, 0.15) is 5.82 Å². The molecule has 2 N–H and O–H groups in total. The number of hydrogen-bond donors (Lipinski definition) is 1. The zero-order valence-electron chi connectivity index (χ0n) is 14.3. The summed E-state index contributed by atoms with van der Waals surface area (Å²) in [5, 5.41) is 0.596. The molecule has 4 nitrogen and oxygen atoms in total. The number of benzene rings is 2. The van der Waals surface area contributed by atoms with Crippen molar-refractivity contribution in [3.8, 4) is 0 Å². The summed E-state index contributed by atoms with van der Waals surface area (Å²) in [4.78, 5) is 15.8. The quantitative estimate of drug-likeness (QED) is 0.888. The van der Waals surface area contributed by atoms with Gasteiger partial charge < -0.3 is 10.6 Å². The monoisotopic (exact) mass is 361 g/mol. The minimum atomic E-state index is -0.507. The Balaban J connectivity index is 1.86. The van der Waals surface area contributed by atoms with E-state index in [-0.39, 0.29) is 11.9 Å². The first-order valence-electron chi connectivity index (χ1n) is 8.23. The molecule has 0 radical (unpaired) electrons. The molecule has 1 aliphatic heterocycles. The molecule has 0 aliphatic carbocycles. The number of carbonyl (C=O) groups excluding carboxylic acids is 1. The van der Waals surface area contributed by atoms with Gasteiger partial charge in [-0.05, 0) is 55.7 Å². The summed E-state index contributed by atoms with van der Waals surface area (Å²) in [5.41, 5.74) is 8.64. The average molecular weight is 362 g/mol. The molecule has 0 bridgehead atoms. The third kappa shape index (κ3) is 3.42. The van der Waals surface area contributed by atoms with Gasteiger partial charge in [-0.15, -0.1) is 0 Å². The van der Waals surface area contributed by atoms with Crippen molar-refractivity contribution in [2.24, 2.45) is 5.73 Å². The number of nitrogens with two attached hydrogens (primary N) is 1. The molecule has 0 spiro atoms. The Hall–Kier alpha value is -2.27. The van der Waals surface area contributed by atoms with Crippen molar-refractivity contribution in [3.05, 3.63) is 58.4 Å². The van der Waals surface area contributed by atoms with E-state index in [0.29, 0.717) is 17.1 Å². The third-order valence-electron chi connectivity index (χ3n) is 4.79. The molecule has 3 rings (SSSR count). The van der Waals surface area contributed by atoms with Crippen molar-refractivity contribution in [1.29, 1.82) is 0 Å². The molecule has 25 heavy (non-hydrogen) atoms. The number of nitrogens with zero attached hydrogens (tertiary/aromatic N) is 2. The number of halogens is 2. The van der Waals surface area contributed by atoms with Crippen LogP contribution in [0.15, 0.2) is 36.4 Å². The molecule has 0 saturated carbocycles. The lowest BCUT2D eigenvalue weighted by Gasteiger charge is -2.29. The van der Waals surface area contributed by atoms with Crippen molar-refractivity contribution in [1.82, 2.24) is 0 Å². The largest absolute Gasteiger partial charge is 0.369 e. The number of hydrogen-bond acceptors (Lipinski definition) is 2. The summed E-state index contributed by atoms with van der Waals surface area (Å²) in [6, 6.07) is 10.1. The van der Waals surface area contributed by atoms with Crippen LogP contribution in [-0.2, 0) is 0 Å². The molecular formula is C19H21ClFN3O. The fourth-order valence-electron chi connectivity index (χ4n) is 3.32. The summed E-state index contributed by atoms with van der Waals surface area (Å²) in [7, 11) is 0. The zero-order chi connectivity index (χ0) is 18.1. The number of anilines is 2. The topological polar surface area (TPSA) is 49.6 Å². The second-order valence-corrected chi connectivity index (χ2v) is 6.82. The van der Waals surface area contributed by atoms with Gasteiger partial charge in [-0.1, -0.05) is 23.7 Å². The second-order valence-electron chi connectivity index (χ2n) is 6.41. The fraction of sp³-hybridized carbons (Fsp3) is 0.316. The summed E-state index contributed by atoms with van der Waals surface area (Å²) in [6.45, 7) is 4.94. The number of urea groups is 1. The van der Waals surface area contributed by atoms with Crippen LogP contribution in [-0.4, -0.2) is 25.2 Å². The number of aryl methyl sites for hydroxylation is 1. The summed E-state index contributed by atoms with van der Waals surface area (Å²) in [5.74, 6) is -0.224. The number of carbonyl (C=O) groups is 1. The van der Waals surface area contributed by atoms with Crippen LogP contribution in [0.4, 0.5) is 20.6 Å². The highest BCUT2D eigenvalue weighted by atomic mass is 35.5. The highest BCUT2D eigenvalue weighted by Gasteiger charge is 2.32. The Morgan fingerprint density at radius 3 is 2.76 bits per heavy atom. The smallest absolute Gasteiger partial charge is 0.319 e. The maximum absolute atomic E-state index is 13.9. The van der Waals surface area contributed by atoms with Gasteiger partial charge in [0.15, 0.2) is 0 Å². The second kappa shape index (κ2) is 6.92. The molecule has 1 atom stereocenters. The van der Waals surface area contributed by atoms with E-state index in [9.17, 15) is 9.18 Å². The molecule has 2 aromatic rings. The molecule has 1 fully saturated rings. The lowest BCUT2D eigenvalue weighted by atomic mass is 10.1. The zero-order valence-corrected chi connectivity index (χ0v) is 15.1. The molecular weight excluding hydrogens is 341 g/mol. The Morgan fingerprint density at radius 2 is 2.08 bits per heavy atom. The number of rotatable bonds is 3. The van der Waals surface area contributed by atoms with E-state index in [1.54, 1.807) is 24.0 Å². The van der Waals surface area contributed by atoms with E-state index in [0.717, 1.165) is 29.9 Å². The molecule has 1 saturated heterocycles. The van der Waals surface area contributed by atoms with Crippen molar-refractivity contribution in [3.63, 3.8) is 0 Å². The van der Waals surface area contributed by atoms with Crippen LogP contribution in [0, 0.1) is 19.7 Å². The molecule has 6 heteroatoms. The summed E-state index contributed by atoms with van der Waals surface area (Å²) >= 11 is 6.20. The third-order valence-corrected chi connectivity index (χ3v) is 5.19. The van der Waals surface area contributed by atoms with Crippen molar-refractivity contribution >= 4 is 29.0 Å². The van der Waals surface area contributed by atoms with Gasteiger partial charge in [-0.3, -0.25) is 4.90 Å². The van der Waals surface area contributed by atoms with Crippen LogP contribution in [0.1, 0.15) is 17.5 Å². The summed E-state index contributed by atoms with van der Waals surface area (Å²) in [6.07, 6.45) is 0.754. The van der Waals surface area contributed by atoms with Gasteiger partial charge >= 0.3 is 6.03 Å². The first-order chi connectivity index (χ1) is 11.9. The minimum Gasteiger partial charge on any atom is -0.369 e. The van der Waals surface area contributed by atoms with E-state index in [4.69, 9.17) is 17.3 Å². The predicted octanol–water partition coefficient (Wildman–Crippen LogP) is 4.26. The van der Waals surface area contributed by atoms with Crippen molar-refractivity contribution in [2.45, 2.75) is 26.3 Å². The fourth-order valence-corrected chi connectivity index (χ4v) is 3.49. The van der Waals surface area contributed by atoms with Gasteiger partial charge in [0.25, 0.3) is 0 Å². The van der Waals surface area contributed by atoms with Crippen molar-refractivity contribution < 1.29 is 9.18 Å². The Labute approximate surface area is 152 Å². The SMILES string of the molecule is Cc1ccc(N2CC[C@@H](N(C(N)=O)c3cccc(Cl)c3C)C2)cc1F. The lowest BCUT2D eigenvalue weighted by molar-refractivity contribution is 0.252. The maximum atomic E-state index is 13.9. The first kappa shape index (κ1) is 17.5. The van der Waals surface area contributed by atoms with Crippen molar-refractivity contribution in [2.75, 3.05) is 22.9 Å². The lowest BCUT2D eigenvalue weighted by Crippen LogP contribution is -2.45. The van der Waals surface area contributed by atoms with Crippen LogP contribution in [0.5, 0.6) is 0 Å². The van der Waals surface area contributed by atoms with E-state index in [1.807, 2.05) is 25.1 Å². The Morgan fingerprint density at radius 1 is 1.32 bits per heavy atom. The maximum Gasteiger partial charge on any atom is 0.319 e. The number of amides is 2. The van der Waals surface area contributed by atoms with Gasteiger partial charge in [0.2, 0.25) is 0 Å². The van der Waals surface area contributed by atoms with Crippen LogP contribution in [0.25, 0.3) is 0 Å². The Kier molecular flexibility index (Phi) is 4.86. The van der Waals surface area contributed by atoms with E-state index < -0.39 is 6.03 Å². The molecule has 1 aliphatic rings. The summed E-state index contributed by atoms with van der Waals surface area (Å²) < 4.78 is 13.9. The standard InChI is InChI=1S/C19H21ClFN3O/c1-12-6-7-14(10-17(12)21)23-9-8-15(11-23)24(19(22)25)18-5-3-4-16(20)13(18)2/h3-7,10,15H,8-9,11H2,1-2H3,(H2,22,25)/t15-/m1/s1. The average Bonchev–Trinajstić information content (AvgIpc) is 3.03. The van der Waals surface area contributed by atoms with E-state index in [2.05, 4.69) is 4.90 Å². The van der Waals surface area contributed by atoms with E-state index in [1.165, 1.54) is 6.07 Å². The van der Waals surface area contributed by atoms with Gasteiger partial charge in [0.05, 0.1) is 11.7 Å². The van der Waals surface area contributed by atoms with Crippen LogP contribution in [0.2, 0.25) is 5.02 Å². The van der Waals surface area contributed by atoms with Gasteiger partial charge in [-0.25, -0.2) is 9.18 Å². The van der Waals surface area contributed by atoms with Crippen LogP contribution >= 0.6 is 11.6 Å². The molecule has 2 amide bonds. The molecule has 1 heterocycles. The van der Waals surface area contributed by atoms with E-state index >= 15 is 0 Å². The normalized spacial score (nSPS) is 17.0.